The molecular formula is C13H19BrO2. The first-order valence-corrected chi connectivity index (χ1v) is 6.26. The van der Waals surface area contributed by atoms with Gasteiger partial charge in [-0.25, -0.2) is 0 Å². The molecule has 0 saturated carbocycles. The van der Waals surface area contributed by atoms with E-state index in [0.29, 0.717) is 0 Å². The van der Waals surface area contributed by atoms with Gasteiger partial charge in [-0.05, 0) is 55.9 Å². The van der Waals surface area contributed by atoms with Crippen LogP contribution < -0.4 is 4.74 Å². The number of ether oxygens (including phenoxy) is 1. The van der Waals surface area contributed by atoms with Crippen LogP contribution in [0.2, 0.25) is 0 Å². The number of hydrogen-bond acceptors (Lipinski definition) is 2. The van der Waals surface area contributed by atoms with E-state index >= 15 is 0 Å². The molecule has 3 heteroatoms. The second-order valence-corrected chi connectivity index (χ2v) is 4.82. The Bertz CT molecular complexity index is 386. The largest absolute Gasteiger partial charge is 0.496 e. The lowest BCUT2D eigenvalue weighted by atomic mass is 9.96. The van der Waals surface area contributed by atoms with Gasteiger partial charge in [0, 0.05) is 11.1 Å². The number of methoxy groups -OCH3 is 1. The van der Waals surface area contributed by atoms with Gasteiger partial charge >= 0.3 is 0 Å². The molecule has 0 aromatic heterocycles. The van der Waals surface area contributed by atoms with E-state index in [1.807, 2.05) is 0 Å². The van der Waals surface area contributed by atoms with E-state index in [0.717, 1.165) is 23.1 Å². The molecule has 16 heavy (non-hydrogen) atoms. The number of benzene rings is 1. The third kappa shape index (κ3) is 2.41. The molecule has 90 valence electrons. The summed E-state index contributed by atoms with van der Waals surface area (Å²) < 4.78 is 6.64. The zero-order valence-corrected chi connectivity index (χ0v) is 11.9. The first-order valence-electron chi connectivity index (χ1n) is 5.47. The molecule has 1 rings (SSSR count). The second kappa shape index (κ2) is 5.69. The summed E-state index contributed by atoms with van der Waals surface area (Å²) in [7, 11) is 1.71. The van der Waals surface area contributed by atoms with Crippen LogP contribution in [-0.2, 0) is 6.42 Å². The standard InChI is InChI=1S/C13H19BrO2/c1-8-9(2)13(16-4)11(6-5-7-15)10(3)12(8)14/h15H,5-7H2,1-4H3. The first-order chi connectivity index (χ1) is 7.54. The average Bonchev–Trinajstić information content (AvgIpc) is 2.29. The maximum absolute atomic E-state index is 8.92. The molecule has 0 heterocycles. The highest BCUT2D eigenvalue weighted by molar-refractivity contribution is 9.10. The fourth-order valence-electron chi connectivity index (χ4n) is 1.98. The van der Waals surface area contributed by atoms with Crippen molar-refractivity contribution in [3.63, 3.8) is 0 Å². The van der Waals surface area contributed by atoms with Crippen molar-refractivity contribution >= 4 is 15.9 Å². The fraction of sp³-hybridized carbons (Fsp3) is 0.538. The molecule has 0 atom stereocenters. The maximum atomic E-state index is 8.92. The molecule has 0 saturated heterocycles. The summed E-state index contributed by atoms with van der Waals surface area (Å²) in [6.07, 6.45) is 1.62. The van der Waals surface area contributed by atoms with Crippen LogP contribution in [0.25, 0.3) is 0 Å². The number of aliphatic hydroxyl groups is 1. The van der Waals surface area contributed by atoms with E-state index in [2.05, 4.69) is 36.7 Å². The minimum absolute atomic E-state index is 0.215. The molecule has 0 amide bonds. The number of halogens is 1. The Morgan fingerprint density at radius 3 is 2.25 bits per heavy atom. The van der Waals surface area contributed by atoms with Gasteiger partial charge < -0.3 is 9.84 Å². The summed E-state index contributed by atoms with van der Waals surface area (Å²) in [5.41, 5.74) is 4.81. The maximum Gasteiger partial charge on any atom is 0.125 e. The monoisotopic (exact) mass is 286 g/mol. The van der Waals surface area contributed by atoms with Crippen molar-refractivity contribution < 1.29 is 9.84 Å². The molecule has 0 aliphatic heterocycles. The highest BCUT2D eigenvalue weighted by Gasteiger charge is 2.15. The Morgan fingerprint density at radius 2 is 1.75 bits per heavy atom. The van der Waals surface area contributed by atoms with Crippen LogP contribution in [0.4, 0.5) is 0 Å². The molecule has 1 aromatic rings. The van der Waals surface area contributed by atoms with E-state index in [1.54, 1.807) is 7.11 Å². The van der Waals surface area contributed by atoms with Gasteiger partial charge in [0.1, 0.15) is 5.75 Å². The summed E-state index contributed by atoms with van der Waals surface area (Å²) >= 11 is 3.62. The van der Waals surface area contributed by atoms with Crippen LogP contribution in [0.3, 0.4) is 0 Å². The van der Waals surface area contributed by atoms with Gasteiger partial charge in [0.15, 0.2) is 0 Å². The van der Waals surface area contributed by atoms with Crippen molar-refractivity contribution in [2.45, 2.75) is 33.6 Å². The molecule has 1 N–H and O–H groups in total. The SMILES string of the molecule is COc1c(C)c(C)c(Br)c(C)c1CCCO. The van der Waals surface area contributed by atoms with Crippen LogP contribution in [0, 0.1) is 20.8 Å². The van der Waals surface area contributed by atoms with Crippen molar-refractivity contribution in [1.82, 2.24) is 0 Å². The number of aliphatic hydroxyl groups excluding tert-OH is 1. The Labute approximate surface area is 106 Å². The van der Waals surface area contributed by atoms with E-state index in [1.165, 1.54) is 22.3 Å². The smallest absolute Gasteiger partial charge is 0.125 e. The third-order valence-electron chi connectivity index (χ3n) is 3.08. The Hall–Kier alpha value is -0.540. The molecule has 0 unspecified atom stereocenters. The minimum atomic E-state index is 0.215. The van der Waals surface area contributed by atoms with Crippen molar-refractivity contribution in [1.29, 1.82) is 0 Å². The lowest BCUT2D eigenvalue weighted by Crippen LogP contribution is -2.03. The van der Waals surface area contributed by atoms with Crippen LogP contribution in [0.5, 0.6) is 5.75 Å². The van der Waals surface area contributed by atoms with E-state index in [4.69, 9.17) is 9.84 Å². The highest BCUT2D eigenvalue weighted by atomic mass is 79.9. The molecule has 0 aliphatic carbocycles. The van der Waals surface area contributed by atoms with Gasteiger partial charge in [-0.2, -0.15) is 0 Å². The predicted octanol–water partition coefficient (Wildman–Crippen LogP) is 3.31. The van der Waals surface area contributed by atoms with E-state index in [9.17, 15) is 0 Å². The molecular weight excluding hydrogens is 268 g/mol. The minimum Gasteiger partial charge on any atom is -0.496 e. The molecule has 0 radical (unpaired) electrons. The van der Waals surface area contributed by atoms with Crippen LogP contribution in [0.1, 0.15) is 28.7 Å². The van der Waals surface area contributed by atoms with Gasteiger partial charge in [0.2, 0.25) is 0 Å². The molecule has 2 nitrogen and oxygen atoms in total. The molecule has 1 aromatic carbocycles. The normalized spacial score (nSPS) is 10.6. The summed E-state index contributed by atoms with van der Waals surface area (Å²) in [6, 6.07) is 0. The zero-order chi connectivity index (χ0) is 12.3. The highest BCUT2D eigenvalue weighted by Crippen LogP contribution is 2.36. The Kier molecular flexibility index (Phi) is 4.81. The fourth-order valence-corrected chi connectivity index (χ4v) is 2.52. The lowest BCUT2D eigenvalue weighted by Gasteiger charge is -2.18. The van der Waals surface area contributed by atoms with Crippen molar-refractivity contribution in [2.75, 3.05) is 13.7 Å². The van der Waals surface area contributed by atoms with Gasteiger partial charge in [-0.3, -0.25) is 0 Å². The van der Waals surface area contributed by atoms with Crippen molar-refractivity contribution in [3.8, 4) is 5.75 Å². The summed E-state index contributed by atoms with van der Waals surface area (Å²) in [5.74, 6) is 0.964. The van der Waals surface area contributed by atoms with Crippen LogP contribution >= 0.6 is 15.9 Å². The average molecular weight is 287 g/mol. The van der Waals surface area contributed by atoms with Crippen molar-refractivity contribution in [3.05, 3.63) is 26.7 Å². The number of hydrogen-bond donors (Lipinski definition) is 1. The quantitative estimate of drug-likeness (QED) is 0.920. The van der Waals surface area contributed by atoms with Gasteiger partial charge in [-0.1, -0.05) is 15.9 Å². The van der Waals surface area contributed by atoms with Crippen LogP contribution in [-0.4, -0.2) is 18.8 Å². The van der Waals surface area contributed by atoms with Gasteiger partial charge in [0.25, 0.3) is 0 Å². The summed E-state index contributed by atoms with van der Waals surface area (Å²) in [6.45, 7) is 6.46. The van der Waals surface area contributed by atoms with E-state index < -0.39 is 0 Å². The topological polar surface area (TPSA) is 29.5 Å². The van der Waals surface area contributed by atoms with E-state index in [-0.39, 0.29) is 6.61 Å². The zero-order valence-electron chi connectivity index (χ0n) is 10.4. The summed E-state index contributed by atoms with van der Waals surface area (Å²) in [5, 5.41) is 8.92. The van der Waals surface area contributed by atoms with Crippen LogP contribution in [0.15, 0.2) is 4.47 Å². The van der Waals surface area contributed by atoms with Gasteiger partial charge in [-0.15, -0.1) is 0 Å². The predicted molar refractivity (Wildman–Crippen MR) is 70.3 cm³/mol. The Morgan fingerprint density at radius 1 is 1.12 bits per heavy atom. The van der Waals surface area contributed by atoms with Gasteiger partial charge in [0.05, 0.1) is 7.11 Å². The lowest BCUT2D eigenvalue weighted by molar-refractivity contribution is 0.287. The second-order valence-electron chi connectivity index (χ2n) is 4.03. The molecule has 0 aliphatic rings. The Balaban J connectivity index is 3.33. The molecule has 0 fully saturated rings. The molecule has 0 spiro atoms. The first kappa shape index (κ1) is 13.5. The number of rotatable bonds is 4. The third-order valence-corrected chi connectivity index (χ3v) is 4.27. The summed E-state index contributed by atoms with van der Waals surface area (Å²) in [4.78, 5) is 0. The molecule has 0 bridgehead atoms. The van der Waals surface area contributed by atoms with Crippen molar-refractivity contribution in [2.24, 2.45) is 0 Å².